The highest BCUT2D eigenvalue weighted by Gasteiger charge is 2.30. The molecule has 0 aromatic heterocycles. The van der Waals surface area contributed by atoms with Crippen LogP contribution in [-0.4, -0.2) is 30.3 Å². The number of carbonyl (C=O) groups excluding carboxylic acids is 1. The fourth-order valence-corrected chi connectivity index (χ4v) is 3.99. The van der Waals surface area contributed by atoms with Gasteiger partial charge in [0.1, 0.15) is 5.75 Å². The van der Waals surface area contributed by atoms with Crippen LogP contribution in [0.3, 0.4) is 0 Å². The summed E-state index contributed by atoms with van der Waals surface area (Å²) < 4.78 is 11.5. The molecule has 0 radical (unpaired) electrons. The summed E-state index contributed by atoms with van der Waals surface area (Å²) in [5, 5.41) is 3.24. The van der Waals surface area contributed by atoms with Crippen molar-refractivity contribution in [3.63, 3.8) is 0 Å². The Labute approximate surface area is 174 Å². The first kappa shape index (κ1) is 21.4. The predicted octanol–water partition coefficient (Wildman–Crippen LogP) is 5.07. The van der Waals surface area contributed by atoms with Crippen LogP contribution in [0.4, 0.5) is 0 Å². The van der Waals surface area contributed by atoms with E-state index < -0.39 is 0 Å². The number of carbonyl (C=O) groups is 1. The highest BCUT2D eigenvalue weighted by molar-refractivity contribution is 5.78. The van der Waals surface area contributed by atoms with E-state index in [1.807, 2.05) is 44.2 Å². The van der Waals surface area contributed by atoms with Gasteiger partial charge in [-0.3, -0.25) is 4.79 Å². The summed E-state index contributed by atoms with van der Waals surface area (Å²) in [5.41, 5.74) is 2.09. The minimum absolute atomic E-state index is 0.0113. The van der Waals surface area contributed by atoms with E-state index in [0.29, 0.717) is 13.0 Å². The fraction of sp³-hybridized carbons (Fsp3) is 0.480. The number of rotatable bonds is 7. The standard InChI is InChI=1S/C25H33NO3/c1-18(2)29-22-12-10-20(11-13-22)23(19-8-6-5-7-9-19)16-24(27)26-21-14-15-28-25(3,4)17-21/h5-13,18,21,23H,14-17H2,1-4H3,(H,26,27)/t21-,23-/m1/s1. The summed E-state index contributed by atoms with van der Waals surface area (Å²) in [5.74, 6) is 0.950. The van der Waals surface area contributed by atoms with Gasteiger partial charge >= 0.3 is 0 Å². The lowest BCUT2D eigenvalue weighted by molar-refractivity contribution is -0.124. The number of amides is 1. The Balaban J connectivity index is 1.73. The molecule has 156 valence electrons. The van der Waals surface area contributed by atoms with Gasteiger partial charge in [0.05, 0.1) is 11.7 Å². The van der Waals surface area contributed by atoms with Crippen molar-refractivity contribution < 1.29 is 14.3 Å². The Hall–Kier alpha value is -2.33. The van der Waals surface area contributed by atoms with Gasteiger partial charge in [-0.1, -0.05) is 42.5 Å². The van der Waals surface area contributed by atoms with Crippen molar-refractivity contribution in [1.29, 1.82) is 0 Å². The molecular weight excluding hydrogens is 362 g/mol. The molecule has 0 bridgehead atoms. The molecule has 1 saturated heterocycles. The average Bonchev–Trinajstić information content (AvgIpc) is 2.66. The van der Waals surface area contributed by atoms with E-state index in [2.05, 4.69) is 43.4 Å². The number of benzene rings is 2. The smallest absolute Gasteiger partial charge is 0.221 e. The molecule has 1 aliphatic rings. The van der Waals surface area contributed by atoms with Gasteiger partial charge in [-0.2, -0.15) is 0 Å². The van der Waals surface area contributed by atoms with Gasteiger partial charge < -0.3 is 14.8 Å². The third-order valence-electron chi connectivity index (χ3n) is 5.31. The van der Waals surface area contributed by atoms with Gasteiger partial charge in [0, 0.05) is 25.0 Å². The number of ether oxygens (including phenoxy) is 2. The second-order valence-electron chi connectivity index (χ2n) is 8.77. The Morgan fingerprint density at radius 2 is 1.76 bits per heavy atom. The summed E-state index contributed by atoms with van der Waals surface area (Å²) in [4.78, 5) is 12.9. The average molecular weight is 396 g/mol. The zero-order valence-electron chi connectivity index (χ0n) is 18.0. The maximum atomic E-state index is 12.9. The van der Waals surface area contributed by atoms with Gasteiger partial charge in [-0.25, -0.2) is 0 Å². The predicted molar refractivity (Wildman–Crippen MR) is 116 cm³/mol. The Bertz CT molecular complexity index is 783. The van der Waals surface area contributed by atoms with Gasteiger partial charge in [-0.15, -0.1) is 0 Å². The van der Waals surface area contributed by atoms with E-state index in [9.17, 15) is 4.79 Å². The lowest BCUT2D eigenvalue weighted by Gasteiger charge is -2.36. The molecular formula is C25H33NO3. The summed E-state index contributed by atoms with van der Waals surface area (Å²) in [6, 6.07) is 18.5. The van der Waals surface area contributed by atoms with E-state index >= 15 is 0 Å². The van der Waals surface area contributed by atoms with E-state index in [-0.39, 0.29) is 29.6 Å². The number of hydrogen-bond donors (Lipinski definition) is 1. The van der Waals surface area contributed by atoms with Crippen LogP contribution in [0.15, 0.2) is 54.6 Å². The summed E-state index contributed by atoms with van der Waals surface area (Å²) >= 11 is 0. The van der Waals surface area contributed by atoms with Crippen molar-refractivity contribution in [1.82, 2.24) is 5.32 Å². The maximum absolute atomic E-state index is 12.9. The third-order valence-corrected chi connectivity index (χ3v) is 5.31. The largest absolute Gasteiger partial charge is 0.491 e. The molecule has 2 aromatic rings. The Morgan fingerprint density at radius 1 is 1.10 bits per heavy atom. The molecule has 1 fully saturated rings. The monoisotopic (exact) mass is 395 g/mol. The van der Waals surface area contributed by atoms with Crippen LogP contribution in [0.5, 0.6) is 5.75 Å². The molecule has 1 heterocycles. The molecule has 1 N–H and O–H groups in total. The quantitative estimate of drug-likeness (QED) is 0.712. The third kappa shape index (κ3) is 6.33. The Kier molecular flexibility index (Phi) is 6.96. The second kappa shape index (κ2) is 9.45. The van der Waals surface area contributed by atoms with Gasteiger partial charge in [0.25, 0.3) is 0 Å². The van der Waals surface area contributed by atoms with E-state index in [1.165, 1.54) is 0 Å². The molecule has 2 atom stereocenters. The maximum Gasteiger partial charge on any atom is 0.221 e. The fourth-order valence-electron chi connectivity index (χ4n) is 3.99. The first-order valence-corrected chi connectivity index (χ1v) is 10.6. The summed E-state index contributed by atoms with van der Waals surface area (Å²) in [6.07, 6.45) is 2.27. The first-order chi connectivity index (χ1) is 13.8. The zero-order valence-corrected chi connectivity index (χ0v) is 18.0. The number of hydrogen-bond acceptors (Lipinski definition) is 3. The van der Waals surface area contributed by atoms with Crippen LogP contribution >= 0.6 is 0 Å². The minimum atomic E-state index is -0.179. The Morgan fingerprint density at radius 3 is 2.38 bits per heavy atom. The molecule has 2 aromatic carbocycles. The van der Waals surface area contributed by atoms with Crippen LogP contribution < -0.4 is 10.1 Å². The second-order valence-corrected chi connectivity index (χ2v) is 8.77. The van der Waals surface area contributed by atoms with Gasteiger partial charge in [0.2, 0.25) is 5.91 Å². The van der Waals surface area contributed by atoms with E-state index in [1.54, 1.807) is 0 Å². The van der Waals surface area contributed by atoms with Crippen molar-refractivity contribution in [2.45, 2.75) is 70.6 Å². The summed E-state index contributed by atoms with van der Waals surface area (Å²) in [6.45, 7) is 8.89. The SMILES string of the molecule is CC(C)Oc1ccc([C@H](CC(=O)N[C@@H]2CCOC(C)(C)C2)c2ccccc2)cc1. The molecule has 1 aliphatic heterocycles. The van der Waals surface area contributed by atoms with Crippen molar-refractivity contribution >= 4 is 5.91 Å². The highest BCUT2D eigenvalue weighted by Crippen LogP contribution is 2.30. The van der Waals surface area contributed by atoms with Crippen molar-refractivity contribution in [3.8, 4) is 5.75 Å². The number of nitrogens with one attached hydrogen (secondary N) is 1. The van der Waals surface area contributed by atoms with E-state index in [4.69, 9.17) is 9.47 Å². The van der Waals surface area contributed by atoms with E-state index in [0.717, 1.165) is 29.7 Å². The molecule has 4 heteroatoms. The minimum Gasteiger partial charge on any atom is -0.491 e. The first-order valence-electron chi connectivity index (χ1n) is 10.6. The van der Waals surface area contributed by atoms with Crippen LogP contribution in [0.25, 0.3) is 0 Å². The lowest BCUT2D eigenvalue weighted by Crippen LogP contribution is -2.46. The van der Waals surface area contributed by atoms with Crippen molar-refractivity contribution in [2.75, 3.05) is 6.61 Å². The van der Waals surface area contributed by atoms with Gasteiger partial charge in [-0.05, 0) is 63.8 Å². The molecule has 4 nitrogen and oxygen atoms in total. The molecule has 0 spiro atoms. The van der Waals surface area contributed by atoms with Gasteiger partial charge in [0.15, 0.2) is 0 Å². The van der Waals surface area contributed by atoms with Crippen molar-refractivity contribution in [2.24, 2.45) is 0 Å². The molecule has 0 unspecified atom stereocenters. The molecule has 3 rings (SSSR count). The molecule has 1 amide bonds. The molecule has 0 saturated carbocycles. The van der Waals surface area contributed by atoms with Crippen LogP contribution in [0.2, 0.25) is 0 Å². The normalized spacial score (nSPS) is 19.6. The van der Waals surface area contributed by atoms with Crippen molar-refractivity contribution in [3.05, 3.63) is 65.7 Å². The van der Waals surface area contributed by atoms with Crippen LogP contribution in [0.1, 0.15) is 64.0 Å². The zero-order chi connectivity index (χ0) is 20.9. The summed E-state index contributed by atoms with van der Waals surface area (Å²) in [7, 11) is 0. The topological polar surface area (TPSA) is 47.6 Å². The molecule has 0 aliphatic carbocycles. The molecule has 29 heavy (non-hydrogen) atoms. The van der Waals surface area contributed by atoms with Crippen LogP contribution in [0, 0.1) is 0 Å². The highest BCUT2D eigenvalue weighted by atomic mass is 16.5. The van der Waals surface area contributed by atoms with Crippen LogP contribution in [-0.2, 0) is 9.53 Å². The lowest BCUT2D eigenvalue weighted by atomic mass is 9.87.